The lowest BCUT2D eigenvalue weighted by atomic mass is 9.92. The van der Waals surface area contributed by atoms with Gasteiger partial charge >= 0.3 is 0 Å². The van der Waals surface area contributed by atoms with E-state index < -0.39 is 0 Å². The lowest BCUT2D eigenvalue weighted by molar-refractivity contribution is -0.131. The fourth-order valence-electron chi connectivity index (χ4n) is 2.64. The number of fused-ring (bicyclic) bond motifs is 1. The summed E-state index contributed by atoms with van der Waals surface area (Å²) in [5, 5.41) is 0. The smallest absolute Gasteiger partial charge is 0.239 e. The third-order valence-electron chi connectivity index (χ3n) is 3.87. The Kier molecular flexibility index (Phi) is 4.08. The van der Waals surface area contributed by atoms with Crippen LogP contribution < -0.4 is 0 Å². The molecule has 0 radical (unpaired) electrons. The van der Waals surface area contributed by atoms with Gasteiger partial charge in [-0.2, -0.15) is 0 Å². The van der Waals surface area contributed by atoms with Gasteiger partial charge in [-0.05, 0) is 49.2 Å². The Morgan fingerprint density at radius 1 is 1.05 bits per heavy atom. The zero-order valence-electron chi connectivity index (χ0n) is 12.0. The summed E-state index contributed by atoms with van der Waals surface area (Å²) < 4.78 is 0. The fraction of sp³-hybridized carbons (Fsp3) is 0.294. The molecule has 0 amide bonds. The van der Waals surface area contributed by atoms with E-state index in [0.717, 1.165) is 42.0 Å². The monoisotopic (exact) mass is 299 g/mol. The summed E-state index contributed by atoms with van der Waals surface area (Å²) in [6.07, 6.45) is 3.21. The minimum atomic E-state index is -0.378. The largest absolute Gasteiger partial charge is 0.306 e. The molecule has 1 aromatic rings. The summed E-state index contributed by atoms with van der Waals surface area (Å²) in [5.74, 6) is -0.733. The van der Waals surface area contributed by atoms with E-state index in [0.29, 0.717) is 4.91 Å². The van der Waals surface area contributed by atoms with Crippen LogP contribution in [0.15, 0.2) is 57.4 Å². The van der Waals surface area contributed by atoms with Crippen LogP contribution in [0.4, 0.5) is 0 Å². The zero-order valence-corrected chi connectivity index (χ0v) is 12.8. The summed E-state index contributed by atoms with van der Waals surface area (Å²) in [6, 6.07) is 9.77. The molecule has 1 heterocycles. The number of allylic oxidation sites excluding steroid dienone is 2. The van der Waals surface area contributed by atoms with Crippen LogP contribution in [0.5, 0.6) is 0 Å². The number of rotatable bonds is 2. The van der Waals surface area contributed by atoms with Gasteiger partial charge in [-0.3, -0.25) is 9.59 Å². The van der Waals surface area contributed by atoms with Gasteiger partial charge in [-0.15, -0.1) is 0 Å². The molecule has 108 valence electrons. The van der Waals surface area contributed by atoms with Crippen LogP contribution in [0.1, 0.15) is 12.8 Å². The lowest BCUT2D eigenvalue weighted by Gasteiger charge is -2.18. The quantitative estimate of drug-likeness (QED) is 0.621. The predicted molar refractivity (Wildman–Crippen MR) is 84.2 cm³/mol. The number of carbonyl (C=O) groups is 2. The maximum absolute atomic E-state index is 12.3. The van der Waals surface area contributed by atoms with Crippen LogP contribution in [0.2, 0.25) is 0 Å². The zero-order chi connectivity index (χ0) is 14.8. The van der Waals surface area contributed by atoms with E-state index in [1.165, 1.54) is 11.8 Å². The third-order valence-corrected chi connectivity index (χ3v) is 5.01. The highest BCUT2D eigenvalue weighted by atomic mass is 32.2. The molecule has 1 fully saturated rings. The first-order chi connectivity index (χ1) is 10.1. The molecule has 0 aromatic heterocycles. The van der Waals surface area contributed by atoms with Crippen molar-refractivity contribution in [3.63, 3.8) is 0 Å². The number of thioether (sulfide) groups is 1. The summed E-state index contributed by atoms with van der Waals surface area (Å²) in [7, 11) is 2.08. The molecule has 1 aliphatic heterocycles. The van der Waals surface area contributed by atoms with E-state index in [1.807, 2.05) is 30.3 Å². The van der Waals surface area contributed by atoms with Crippen molar-refractivity contribution in [2.75, 3.05) is 20.1 Å². The number of hydrogen-bond donors (Lipinski definition) is 0. The molecule has 1 aliphatic carbocycles. The number of Topliss-reactive ketones (excluding diaryl/α,β-unsaturated/α-hetero) is 1. The molecular weight excluding hydrogens is 282 g/mol. The summed E-state index contributed by atoms with van der Waals surface area (Å²) in [5.41, 5.74) is 2.11. The maximum atomic E-state index is 12.3. The first-order valence-electron chi connectivity index (χ1n) is 7.09. The van der Waals surface area contributed by atoms with Crippen LogP contribution >= 0.6 is 11.8 Å². The molecule has 0 spiro atoms. The topological polar surface area (TPSA) is 37.4 Å². The summed E-state index contributed by atoms with van der Waals surface area (Å²) in [6.45, 7) is 1.85. The summed E-state index contributed by atoms with van der Waals surface area (Å²) in [4.78, 5) is 28.1. The lowest BCUT2D eigenvalue weighted by Crippen LogP contribution is -2.20. The van der Waals surface area contributed by atoms with Crippen molar-refractivity contribution >= 4 is 23.3 Å². The van der Waals surface area contributed by atoms with Gasteiger partial charge in [-0.25, -0.2) is 0 Å². The normalized spacial score (nSPS) is 20.1. The standard InChI is InChI=1S/C17H17NO2S/c1-18-9-7-12-11-15(19)16(20)17(14(12)8-10-18)21-13-5-3-2-4-6-13/h2-6,11H,7-10H2,1H3. The summed E-state index contributed by atoms with van der Waals surface area (Å²) >= 11 is 1.42. The molecule has 21 heavy (non-hydrogen) atoms. The number of benzene rings is 1. The Hall–Kier alpha value is -1.65. The Morgan fingerprint density at radius 2 is 1.76 bits per heavy atom. The molecule has 2 aliphatic rings. The minimum Gasteiger partial charge on any atom is -0.306 e. The average molecular weight is 299 g/mol. The Balaban J connectivity index is 2.00. The van der Waals surface area contributed by atoms with Gasteiger partial charge in [0.05, 0.1) is 4.91 Å². The molecule has 0 saturated carbocycles. The molecule has 0 bridgehead atoms. The van der Waals surface area contributed by atoms with Crippen molar-refractivity contribution in [3.8, 4) is 0 Å². The van der Waals surface area contributed by atoms with Crippen molar-refractivity contribution in [1.82, 2.24) is 4.90 Å². The maximum Gasteiger partial charge on any atom is 0.239 e. The minimum absolute atomic E-state index is 0.354. The van der Waals surface area contributed by atoms with Crippen LogP contribution in [-0.4, -0.2) is 36.6 Å². The van der Waals surface area contributed by atoms with Gasteiger partial charge in [0.25, 0.3) is 0 Å². The van der Waals surface area contributed by atoms with E-state index in [1.54, 1.807) is 6.08 Å². The van der Waals surface area contributed by atoms with E-state index in [-0.39, 0.29) is 11.6 Å². The van der Waals surface area contributed by atoms with Crippen molar-refractivity contribution in [2.24, 2.45) is 0 Å². The number of nitrogens with zero attached hydrogens (tertiary/aromatic N) is 1. The second-order valence-corrected chi connectivity index (χ2v) is 6.47. The van der Waals surface area contributed by atoms with E-state index in [9.17, 15) is 9.59 Å². The van der Waals surface area contributed by atoms with Crippen LogP contribution in [0.3, 0.4) is 0 Å². The number of hydrogen-bond acceptors (Lipinski definition) is 4. The van der Waals surface area contributed by atoms with E-state index in [4.69, 9.17) is 0 Å². The second kappa shape index (κ2) is 6.00. The van der Waals surface area contributed by atoms with Crippen LogP contribution in [-0.2, 0) is 9.59 Å². The number of carbonyl (C=O) groups excluding carboxylic acids is 2. The highest BCUT2D eigenvalue weighted by Gasteiger charge is 2.30. The molecule has 1 aromatic carbocycles. The van der Waals surface area contributed by atoms with Gasteiger partial charge in [0, 0.05) is 18.0 Å². The predicted octanol–water partition coefficient (Wildman–Crippen LogP) is 2.84. The van der Waals surface area contributed by atoms with E-state index in [2.05, 4.69) is 11.9 Å². The Bertz CT molecular complexity index is 646. The fourth-order valence-corrected chi connectivity index (χ4v) is 3.72. The van der Waals surface area contributed by atoms with Gasteiger partial charge < -0.3 is 4.90 Å². The molecule has 3 nitrogen and oxygen atoms in total. The number of likely N-dealkylation sites (tertiary alicyclic amines) is 1. The molecular formula is C17H17NO2S. The second-order valence-electron chi connectivity index (χ2n) is 5.39. The van der Waals surface area contributed by atoms with Crippen molar-refractivity contribution in [3.05, 3.63) is 52.5 Å². The molecule has 0 unspecified atom stereocenters. The van der Waals surface area contributed by atoms with Gasteiger partial charge in [0.1, 0.15) is 0 Å². The Morgan fingerprint density at radius 3 is 2.52 bits per heavy atom. The van der Waals surface area contributed by atoms with Gasteiger partial charge in [-0.1, -0.05) is 30.0 Å². The van der Waals surface area contributed by atoms with Crippen molar-refractivity contribution in [2.45, 2.75) is 17.7 Å². The average Bonchev–Trinajstić information content (AvgIpc) is 2.67. The Labute approximate surface area is 128 Å². The molecule has 0 N–H and O–H groups in total. The molecule has 3 rings (SSSR count). The molecule has 0 atom stereocenters. The molecule has 4 heteroatoms. The van der Waals surface area contributed by atoms with E-state index >= 15 is 0 Å². The first kappa shape index (κ1) is 14.3. The first-order valence-corrected chi connectivity index (χ1v) is 7.91. The van der Waals surface area contributed by atoms with Gasteiger partial charge in [0.2, 0.25) is 11.6 Å². The van der Waals surface area contributed by atoms with Crippen molar-refractivity contribution < 1.29 is 9.59 Å². The third kappa shape index (κ3) is 3.01. The SMILES string of the molecule is CN1CCC2=CC(=O)C(=O)C(Sc3ccccc3)=C2CC1. The van der Waals surface area contributed by atoms with Gasteiger partial charge in [0.15, 0.2) is 0 Å². The van der Waals surface area contributed by atoms with Crippen LogP contribution in [0.25, 0.3) is 0 Å². The van der Waals surface area contributed by atoms with Crippen molar-refractivity contribution in [1.29, 1.82) is 0 Å². The molecule has 1 saturated heterocycles. The highest BCUT2D eigenvalue weighted by Crippen LogP contribution is 2.38. The highest BCUT2D eigenvalue weighted by molar-refractivity contribution is 8.04. The number of ketones is 2. The van der Waals surface area contributed by atoms with Crippen LogP contribution in [0, 0.1) is 0 Å².